The number of nitrogens with one attached hydrogen (secondary N) is 2. The Kier molecular flexibility index (Phi) is 8.92. The number of carbonyl (C=O) groups excluding carboxylic acids is 3. The Morgan fingerprint density at radius 2 is 1.67 bits per heavy atom. The van der Waals surface area contributed by atoms with Gasteiger partial charge in [-0.15, -0.1) is 0 Å². The summed E-state index contributed by atoms with van der Waals surface area (Å²) in [7, 11) is 0. The molecule has 3 amide bonds. The van der Waals surface area contributed by atoms with E-state index in [0.29, 0.717) is 6.42 Å². The molecule has 184 valence electrons. The summed E-state index contributed by atoms with van der Waals surface area (Å²) in [6.07, 6.45) is 0.880. The largest absolute Gasteiger partial charge is 0.444 e. The van der Waals surface area contributed by atoms with E-state index in [2.05, 4.69) is 17.6 Å². The van der Waals surface area contributed by atoms with Crippen molar-refractivity contribution in [1.29, 1.82) is 0 Å². The van der Waals surface area contributed by atoms with E-state index in [-0.39, 0.29) is 35.7 Å². The van der Waals surface area contributed by atoms with E-state index in [0.717, 1.165) is 12.0 Å². The van der Waals surface area contributed by atoms with Crippen LogP contribution in [0, 0.1) is 11.8 Å². The van der Waals surface area contributed by atoms with Gasteiger partial charge in [0.05, 0.1) is 0 Å². The Hall–Kier alpha value is -2.57. The van der Waals surface area contributed by atoms with Gasteiger partial charge in [0.2, 0.25) is 11.8 Å². The molecule has 0 aromatic heterocycles. The van der Waals surface area contributed by atoms with Gasteiger partial charge >= 0.3 is 6.09 Å². The monoisotopic (exact) mass is 459 g/mol. The molecular formula is C26H41N3O4. The number of alkyl carbamates (subject to hydrolysis) is 1. The lowest BCUT2D eigenvalue weighted by atomic mass is 9.95. The molecule has 1 aliphatic rings. The van der Waals surface area contributed by atoms with Gasteiger partial charge in [-0.2, -0.15) is 0 Å². The van der Waals surface area contributed by atoms with Crippen LogP contribution in [0.25, 0.3) is 0 Å². The summed E-state index contributed by atoms with van der Waals surface area (Å²) in [5, 5.41) is 5.79. The smallest absolute Gasteiger partial charge is 0.408 e. The SMILES string of the molecule is CCC(C)C(NC(=O)OC(C)(C)C)C(=O)N(C(C(=O)NC(C)C)c1ccccc1)C1CC1C. The van der Waals surface area contributed by atoms with Gasteiger partial charge < -0.3 is 20.3 Å². The first-order valence-corrected chi connectivity index (χ1v) is 12.0. The first-order valence-electron chi connectivity index (χ1n) is 12.0. The van der Waals surface area contributed by atoms with Crippen molar-refractivity contribution in [2.45, 2.75) is 98.0 Å². The molecule has 0 aliphatic heterocycles. The number of rotatable bonds is 9. The van der Waals surface area contributed by atoms with Crippen LogP contribution < -0.4 is 10.6 Å². The molecule has 0 saturated heterocycles. The fraction of sp³-hybridized carbons (Fsp3) is 0.654. The van der Waals surface area contributed by atoms with Gasteiger partial charge in [-0.25, -0.2) is 4.79 Å². The number of ether oxygens (including phenoxy) is 1. The van der Waals surface area contributed by atoms with Crippen molar-refractivity contribution >= 4 is 17.9 Å². The molecule has 0 radical (unpaired) electrons. The van der Waals surface area contributed by atoms with Gasteiger partial charge in [-0.3, -0.25) is 9.59 Å². The Bertz CT molecular complexity index is 819. The van der Waals surface area contributed by atoms with Crippen LogP contribution in [0.15, 0.2) is 30.3 Å². The predicted molar refractivity (Wildman–Crippen MR) is 129 cm³/mol. The Morgan fingerprint density at radius 3 is 2.12 bits per heavy atom. The van der Waals surface area contributed by atoms with Crippen LogP contribution in [-0.4, -0.2) is 46.5 Å². The van der Waals surface area contributed by atoms with Gasteiger partial charge in [0.1, 0.15) is 17.7 Å². The first kappa shape index (κ1) is 26.7. The van der Waals surface area contributed by atoms with Gasteiger partial charge in [-0.05, 0) is 58.4 Å². The van der Waals surface area contributed by atoms with Crippen molar-refractivity contribution in [3.05, 3.63) is 35.9 Å². The predicted octanol–water partition coefficient (Wildman–Crippen LogP) is 4.43. The maximum absolute atomic E-state index is 14.1. The molecule has 1 aromatic carbocycles. The Balaban J connectivity index is 2.46. The van der Waals surface area contributed by atoms with E-state index in [1.54, 1.807) is 25.7 Å². The van der Waals surface area contributed by atoms with Gasteiger partial charge in [0.25, 0.3) is 0 Å². The molecule has 1 saturated carbocycles. The number of carbonyl (C=O) groups is 3. The third-order valence-electron chi connectivity index (χ3n) is 5.90. The molecule has 0 heterocycles. The summed E-state index contributed by atoms with van der Waals surface area (Å²) in [4.78, 5) is 41.7. The van der Waals surface area contributed by atoms with Crippen molar-refractivity contribution in [1.82, 2.24) is 15.5 Å². The van der Waals surface area contributed by atoms with Crippen molar-refractivity contribution < 1.29 is 19.1 Å². The van der Waals surface area contributed by atoms with Crippen molar-refractivity contribution in [3.8, 4) is 0 Å². The quantitative estimate of drug-likeness (QED) is 0.572. The summed E-state index contributed by atoms with van der Waals surface area (Å²) < 4.78 is 5.44. The fourth-order valence-electron chi connectivity index (χ4n) is 3.89. The van der Waals surface area contributed by atoms with Gasteiger partial charge in [0, 0.05) is 12.1 Å². The number of benzene rings is 1. The summed E-state index contributed by atoms with van der Waals surface area (Å²) in [6, 6.07) is 7.67. The van der Waals surface area contributed by atoms with E-state index in [9.17, 15) is 14.4 Å². The highest BCUT2D eigenvalue weighted by Gasteiger charge is 2.48. The van der Waals surface area contributed by atoms with E-state index in [1.807, 2.05) is 58.0 Å². The molecule has 5 unspecified atom stereocenters. The van der Waals surface area contributed by atoms with Crippen LogP contribution in [-0.2, 0) is 14.3 Å². The van der Waals surface area contributed by atoms with Crippen LogP contribution in [0.1, 0.15) is 79.8 Å². The third kappa shape index (κ3) is 7.47. The maximum Gasteiger partial charge on any atom is 0.408 e. The average molecular weight is 460 g/mol. The minimum atomic E-state index is -0.796. The van der Waals surface area contributed by atoms with Crippen LogP contribution in [0.2, 0.25) is 0 Å². The average Bonchev–Trinajstić information content (AvgIpc) is 3.43. The van der Waals surface area contributed by atoms with E-state index in [1.165, 1.54) is 0 Å². The molecule has 0 spiro atoms. The van der Waals surface area contributed by atoms with E-state index < -0.39 is 23.8 Å². The molecule has 7 heteroatoms. The highest BCUT2D eigenvalue weighted by Crippen LogP contribution is 2.41. The molecule has 2 N–H and O–H groups in total. The second kappa shape index (κ2) is 11.0. The summed E-state index contributed by atoms with van der Waals surface area (Å²) in [6.45, 7) is 15.1. The summed E-state index contributed by atoms with van der Waals surface area (Å²) in [5.41, 5.74) is 0.0740. The molecular weight excluding hydrogens is 418 g/mol. The van der Waals surface area contributed by atoms with Gasteiger partial charge in [-0.1, -0.05) is 57.5 Å². The van der Waals surface area contributed by atoms with Crippen LogP contribution >= 0.6 is 0 Å². The lowest BCUT2D eigenvalue weighted by Gasteiger charge is -2.36. The number of nitrogens with zero attached hydrogens (tertiary/aromatic N) is 1. The van der Waals surface area contributed by atoms with Crippen LogP contribution in [0.5, 0.6) is 0 Å². The molecule has 1 aromatic rings. The van der Waals surface area contributed by atoms with Crippen LogP contribution in [0.3, 0.4) is 0 Å². The highest BCUT2D eigenvalue weighted by atomic mass is 16.6. The van der Waals surface area contributed by atoms with E-state index >= 15 is 0 Å². The van der Waals surface area contributed by atoms with Crippen molar-refractivity contribution in [2.75, 3.05) is 0 Å². The maximum atomic E-state index is 14.1. The molecule has 5 atom stereocenters. The molecule has 2 rings (SSSR count). The minimum Gasteiger partial charge on any atom is -0.444 e. The zero-order chi connectivity index (χ0) is 24.9. The highest BCUT2D eigenvalue weighted by molar-refractivity contribution is 5.92. The number of hydrogen-bond donors (Lipinski definition) is 2. The zero-order valence-electron chi connectivity index (χ0n) is 21.3. The zero-order valence-corrected chi connectivity index (χ0v) is 21.3. The molecule has 1 fully saturated rings. The summed E-state index contributed by atoms with van der Waals surface area (Å²) in [5.74, 6) is -0.321. The third-order valence-corrected chi connectivity index (χ3v) is 5.90. The van der Waals surface area contributed by atoms with Crippen molar-refractivity contribution in [3.63, 3.8) is 0 Å². The lowest BCUT2D eigenvalue weighted by molar-refractivity contribution is -0.144. The molecule has 1 aliphatic carbocycles. The standard InChI is InChI=1S/C26H41N3O4/c1-9-17(4)21(28-25(32)33-26(6,7)8)24(31)29(20-15-18(20)5)22(23(30)27-16(2)3)19-13-11-10-12-14-19/h10-14,16-18,20-22H,9,15H2,1-8H3,(H,27,30)(H,28,32). The second-order valence-electron chi connectivity index (χ2n) is 10.5. The van der Waals surface area contributed by atoms with Crippen molar-refractivity contribution in [2.24, 2.45) is 11.8 Å². The first-order chi connectivity index (χ1) is 15.4. The minimum absolute atomic E-state index is 0.0624. The van der Waals surface area contributed by atoms with Crippen LogP contribution in [0.4, 0.5) is 4.79 Å². The van der Waals surface area contributed by atoms with Gasteiger partial charge in [0.15, 0.2) is 0 Å². The van der Waals surface area contributed by atoms with E-state index in [4.69, 9.17) is 4.74 Å². The topological polar surface area (TPSA) is 87.7 Å². The Morgan fingerprint density at radius 1 is 1.09 bits per heavy atom. The molecule has 7 nitrogen and oxygen atoms in total. The lowest BCUT2D eigenvalue weighted by Crippen LogP contribution is -2.56. The molecule has 33 heavy (non-hydrogen) atoms. The second-order valence-corrected chi connectivity index (χ2v) is 10.5. The molecule has 0 bridgehead atoms. The number of hydrogen-bond acceptors (Lipinski definition) is 4. The Labute approximate surface area is 198 Å². The summed E-state index contributed by atoms with van der Waals surface area (Å²) >= 11 is 0. The fourth-order valence-corrected chi connectivity index (χ4v) is 3.89. The number of amides is 3. The normalized spacial score (nSPS) is 20.4.